The summed E-state index contributed by atoms with van der Waals surface area (Å²) in [5.41, 5.74) is 2.14. The van der Waals surface area contributed by atoms with Crippen LogP contribution in [0.4, 0.5) is 5.69 Å². The van der Waals surface area contributed by atoms with Gasteiger partial charge in [0.05, 0.1) is 11.1 Å². The van der Waals surface area contributed by atoms with Crippen LogP contribution in [-0.4, -0.2) is 40.7 Å². The van der Waals surface area contributed by atoms with Gasteiger partial charge in [0.15, 0.2) is 6.10 Å². The van der Waals surface area contributed by atoms with E-state index < -0.39 is 41.8 Å². The molecule has 2 aromatic carbocycles. The van der Waals surface area contributed by atoms with E-state index in [4.69, 9.17) is 4.74 Å². The Hall–Kier alpha value is -3.48. The molecule has 2 atom stereocenters. The average Bonchev–Trinajstić information content (AvgIpc) is 2.95. The first-order chi connectivity index (χ1) is 14.2. The molecular weight excluding hydrogens is 384 g/mol. The van der Waals surface area contributed by atoms with Crippen LogP contribution in [0.3, 0.4) is 0 Å². The van der Waals surface area contributed by atoms with Gasteiger partial charge in [0.2, 0.25) is 0 Å². The number of aryl methyl sites for hydroxylation is 1. The van der Waals surface area contributed by atoms with Crippen LogP contribution in [0.1, 0.15) is 47.1 Å². The molecule has 156 valence electrons. The number of ether oxygens (including phenoxy) is 1. The van der Waals surface area contributed by atoms with E-state index in [9.17, 15) is 19.2 Å². The van der Waals surface area contributed by atoms with Crippen molar-refractivity contribution in [2.24, 2.45) is 5.92 Å². The van der Waals surface area contributed by atoms with Gasteiger partial charge >= 0.3 is 5.97 Å². The standard InChI is InChI=1S/C23H24N2O5/c1-13(2)19(25-21(27)17-7-5-6-8-18(17)22(25)28)23(29)30-15(4)20(26)24-16-11-9-14(3)10-12-16/h5-13,15,19H,1-4H3,(H,24,26)/t15-,19+/m0/s1. The Morgan fingerprint density at radius 1 is 0.900 bits per heavy atom. The number of rotatable bonds is 6. The third-order valence-electron chi connectivity index (χ3n) is 4.96. The van der Waals surface area contributed by atoms with Gasteiger partial charge in [-0.3, -0.25) is 19.3 Å². The van der Waals surface area contributed by atoms with Crippen molar-refractivity contribution in [2.45, 2.75) is 39.8 Å². The summed E-state index contributed by atoms with van der Waals surface area (Å²) in [6, 6.07) is 12.5. The summed E-state index contributed by atoms with van der Waals surface area (Å²) in [6.45, 7) is 6.81. The number of carbonyl (C=O) groups is 4. The number of hydrogen-bond acceptors (Lipinski definition) is 5. The minimum absolute atomic E-state index is 0.256. The molecule has 0 radical (unpaired) electrons. The number of esters is 1. The maximum Gasteiger partial charge on any atom is 0.330 e. The Kier molecular flexibility index (Phi) is 6.01. The molecule has 0 aromatic heterocycles. The van der Waals surface area contributed by atoms with Crippen molar-refractivity contribution in [3.05, 3.63) is 65.2 Å². The second-order valence-electron chi connectivity index (χ2n) is 7.65. The van der Waals surface area contributed by atoms with E-state index in [0.29, 0.717) is 5.69 Å². The van der Waals surface area contributed by atoms with Gasteiger partial charge in [0, 0.05) is 5.69 Å². The smallest absolute Gasteiger partial charge is 0.330 e. The Morgan fingerprint density at radius 2 is 1.43 bits per heavy atom. The molecule has 0 bridgehead atoms. The zero-order chi connectivity index (χ0) is 22.0. The van der Waals surface area contributed by atoms with E-state index in [0.717, 1.165) is 10.5 Å². The van der Waals surface area contributed by atoms with Gasteiger partial charge in [-0.15, -0.1) is 0 Å². The van der Waals surface area contributed by atoms with Gasteiger partial charge in [-0.25, -0.2) is 4.79 Å². The van der Waals surface area contributed by atoms with E-state index in [1.54, 1.807) is 50.2 Å². The molecule has 1 heterocycles. The largest absolute Gasteiger partial charge is 0.451 e. The molecule has 0 saturated carbocycles. The lowest BCUT2D eigenvalue weighted by molar-refractivity contribution is -0.158. The van der Waals surface area contributed by atoms with Crippen molar-refractivity contribution >= 4 is 29.4 Å². The normalized spacial score (nSPS) is 15.0. The second-order valence-corrected chi connectivity index (χ2v) is 7.65. The van der Waals surface area contributed by atoms with Gasteiger partial charge in [0.25, 0.3) is 17.7 Å². The van der Waals surface area contributed by atoms with Gasteiger partial charge in [-0.2, -0.15) is 0 Å². The van der Waals surface area contributed by atoms with Crippen LogP contribution in [0, 0.1) is 12.8 Å². The van der Waals surface area contributed by atoms with Crippen molar-refractivity contribution < 1.29 is 23.9 Å². The highest BCUT2D eigenvalue weighted by Crippen LogP contribution is 2.28. The van der Waals surface area contributed by atoms with Crippen molar-refractivity contribution in [3.8, 4) is 0 Å². The molecule has 0 spiro atoms. The van der Waals surface area contributed by atoms with Crippen molar-refractivity contribution in [1.82, 2.24) is 4.90 Å². The van der Waals surface area contributed by atoms with Crippen molar-refractivity contribution in [2.75, 3.05) is 5.32 Å². The molecule has 2 aromatic rings. The lowest BCUT2D eigenvalue weighted by Gasteiger charge is -2.28. The average molecular weight is 408 g/mol. The number of hydrogen-bond donors (Lipinski definition) is 1. The molecule has 1 aliphatic heterocycles. The molecule has 3 rings (SSSR count). The lowest BCUT2D eigenvalue weighted by Crippen LogP contribution is -2.50. The summed E-state index contributed by atoms with van der Waals surface area (Å²) in [5.74, 6) is -2.78. The number of imide groups is 1. The first kappa shape index (κ1) is 21.2. The zero-order valence-electron chi connectivity index (χ0n) is 17.3. The van der Waals surface area contributed by atoms with Crippen LogP contribution in [0.15, 0.2) is 48.5 Å². The van der Waals surface area contributed by atoms with Gasteiger partial charge in [-0.1, -0.05) is 43.7 Å². The number of nitrogens with zero attached hydrogens (tertiary/aromatic N) is 1. The predicted octanol–water partition coefficient (Wildman–Crippen LogP) is 3.19. The lowest BCUT2D eigenvalue weighted by atomic mass is 10.0. The van der Waals surface area contributed by atoms with Crippen molar-refractivity contribution in [3.63, 3.8) is 0 Å². The fourth-order valence-electron chi connectivity index (χ4n) is 3.31. The van der Waals surface area contributed by atoms with Crippen LogP contribution < -0.4 is 5.32 Å². The fraction of sp³-hybridized carbons (Fsp3) is 0.304. The fourth-order valence-corrected chi connectivity index (χ4v) is 3.31. The Morgan fingerprint density at radius 3 is 1.93 bits per heavy atom. The molecule has 0 fully saturated rings. The summed E-state index contributed by atoms with van der Waals surface area (Å²) in [6.07, 6.45) is -1.10. The third kappa shape index (κ3) is 4.10. The van der Waals surface area contributed by atoms with Crippen LogP contribution in [0.5, 0.6) is 0 Å². The Bertz CT molecular complexity index is 962. The number of benzene rings is 2. The van der Waals surface area contributed by atoms with Gasteiger partial charge in [0.1, 0.15) is 6.04 Å². The minimum atomic E-state index is -1.13. The summed E-state index contributed by atoms with van der Waals surface area (Å²) in [4.78, 5) is 51.8. The molecule has 0 aliphatic carbocycles. The van der Waals surface area contributed by atoms with E-state index in [-0.39, 0.29) is 11.1 Å². The van der Waals surface area contributed by atoms with Crippen LogP contribution in [0.25, 0.3) is 0 Å². The quantitative estimate of drug-likeness (QED) is 0.585. The van der Waals surface area contributed by atoms with Crippen LogP contribution in [0.2, 0.25) is 0 Å². The molecule has 30 heavy (non-hydrogen) atoms. The van der Waals surface area contributed by atoms with Gasteiger partial charge in [-0.05, 0) is 44.0 Å². The summed E-state index contributed by atoms with van der Waals surface area (Å²) in [7, 11) is 0. The SMILES string of the molecule is Cc1ccc(NC(=O)[C@H](C)OC(=O)[C@@H](C(C)C)N2C(=O)c3ccccc3C2=O)cc1. The molecule has 7 nitrogen and oxygen atoms in total. The topological polar surface area (TPSA) is 92.8 Å². The summed E-state index contributed by atoms with van der Waals surface area (Å²) < 4.78 is 5.34. The highest BCUT2D eigenvalue weighted by atomic mass is 16.5. The molecule has 0 saturated heterocycles. The molecule has 1 N–H and O–H groups in total. The third-order valence-corrected chi connectivity index (χ3v) is 4.96. The number of fused-ring (bicyclic) bond motifs is 1. The van der Waals surface area contributed by atoms with E-state index in [1.165, 1.54) is 6.92 Å². The monoisotopic (exact) mass is 408 g/mol. The minimum Gasteiger partial charge on any atom is -0.451 e. The maximum absolute atomic E-state index is 12.9. The number of anilines is 1. The Labute approximate surface area is 175 Å². The highest BCUT2D eigenvalue weighted by Gasteiger charge is 2.45. The maximum atomic E-state index is 12.9. The number of amides is 3. The molecular formula is C23H24N2O5. The molecule has 7 heteroatoms. The first-order valence-electron chi connectivity index (χ1n) is 9.75. The molecule has 0 unspecified atom stereocenters. The first-order valence-corrected chi connectivity index (χ1v) is 9.75. The Balaban J connectivity index is 1.73. The predicted molar refractivity (Wildman–Crippen MR) is 111 cm³/mol. The summed E-state index contributed by atoms with van der Waals surface area (Å²) >= 11 is 0. The molecule has 1 aliphatic rings. The van der Waals surface area contributed by atoms with Gasteiger partial charge < -0.3 is 10.1 Å². The van der Waals surface area contributed by atoms with Crippen molar-refractivity contribution in [1.29, 1.82) is 0 Å². The van der Waals surface area contributed by atoms with Crippen LogP contribution >= 0.6 is 0 Å². The highest BCUT2D eigenvalue weighted by molar-refractivity contribution is 6.22. The molecule has 3 amide bonds. The summed E-state index contributed by atoms with van der Waals surface area (Å²) in [5, 5.41) is 2.68. The zero-order valence-corrected chi connectivity index (χ0v) is 17.3. The van der Waals surface area contributed by atoms with E-state index >= 15 is 0 Å². The second kappa shape index (κ2) is 8.49. The van der Waals surface area contributed by atoms with E-state index in [1.807, 2.05) is 19.1 Å². The number of carbonyl (C=O) groups excluding carboxylic acids is 4. The van der Waals surface area contributed by atoms with E-state index in [2.05, 4.69) is 5.32 Å². The van der Waals surface area contributed by atoms with Crippen LogP contribution in [-0.2, 0) is 14.3 Å². The number of nitrogens with one attached hydrogen (secondary N) is 1.